The fraction of sp³-hybridized carbons (Fsp3) is 0.375. The first-order valence-electron chi connectivity index (χ1n) is 10.8. The van der Waals surface area contributed by atoms with Crippen LogP contribution >= 0.6 is 11.8 Å². The molecule has 0 aromatic heterocycles. The van der Waals surface area contributed by atoms with Gasteiger partial charge < -0.3 is 19.7 Å². The molecule has 1 N–H and O–H groups in total. The first kappa shape index (κ1) is 21.0. The summed E-state index contributed by atoms with van der Waals surface area (Å²) in [4.78, 5) is 25.1. The molecule has 0 saturated carbocycles. The van der Waals surface area contributed by atoms with Gasteiger partial charge in [0.05, 0.1) is 11.5 Å². The van der Waals surface area contributed by atoms with Gasteiger partial charge in [-0.25, -0.2) is 4.99 Å². The highest BCUT2D eigenvalue weighted by Crippen LogP contribution is 2.36. The molecule has 0 atom stereocenters. The molecular weight excluding hydrogens is 424 g/mol. The Morgan fingerprint density at radius 2 is 1.84 bits per heavy atom. The number of carbonyl (C=O) groups is 1. The fourth-order valence-electron chi connectivity index (χ4n) is 4.03. The SMILES string of the molecule is Cc1ccc(C2=NC3(CCN(C)CC3)N=C2SCC(=O)Nc2ccc3c(c2)OCO3)cc1. The van der Waals surface area contributed by atoms with Crippen molar-refractivity contribution in [1.29, 1.82) is 0 Å². The number of aryl methyl sites for hydroxylation is 1. The van der Waals surface area contributed by atoms with Crippen LogP contribution in [0.25, 0.3) is 0 Å². The number of nitrogens with zero attached hydrogens (tertiary/aromatic N) is 3. The summed E-state index contributed by atoms with van der Waals surface area (Å²) in [6.07, 6.45) is 1.79. The number of hydrogen-bond acceptors (Lipinski definition) is 7. The van der Waals surface area contributed by atoms with Gasteiger partial charge >= 0.3 is 0 Å². The number of amides is 1. The lowest BCUT2D eigenvalue weighted by Gasteiger charge is -2.33. The molecule has 3 aliphatic heterocycles. The van der Waals surface area contributed by atoms with E-state index in [1.54, 1.807) is 12.1 Å². The molecule has 0 bridgehead atoms. The summed E-state index contributed by atoms with van der Waals surface area (Å²) in [7, 11) is 2.13. The van der Waals surface area contributed by atoms with Crippen molar-refractivity contribution in [2.24, 2.45) is 9.98 Å². The van der Waals surface area contributed by atoms with Crippen LogP contribution in [0.5, 0.6) is 11.5 Å². The lowest BCUT2D eigenvalue weighted by Crippen LogP contribution is -2.39. The second kappa shape index (κ2) is 8.60. The average molecular weight is 451 g/mol. The Bertz CT molecular complexity index is 1090. The number of anilines is 1. The van der Waals surface area contributed by atoms with Crippen molar-refractivity contribution in [3.8, 4) is 11.5 Å². The Labute approximate surface area is 191 Å². The maximum Gasteiger partial charge on any atom is 0.234 e. The standard InChI is InChI=1S/C24H26N4O3S/c1-16-3-5-17(6-4-16)22-23(27-24(26-22)9-11-28(2)12-10-24)32-14-21(29)25-18-7-8-19-20(13-18)31-15-30-19/h3-8,13H,9-12,14-15H2,1-2H3,(H,25,29). The molecule has 5 rings (SSSR count). The Kier molecular flexibility index (Phi) is 5.65. The van der Waals surface area contributed by atoms with Crippen molar-refractivity contribution in [1.82, 2.24) is 4.90 Å². The van der Waals surface area contributed by atoms with Crippen LogP contribution in [0.4, 0.5) is 5.69 Å². The molecule has 3 aliphatic rings. The van der Waals surface area contributed by atoms with E-state index in [1.165, 1.54) is 17.3 Å². The van der Waals surface area contributed by atoms with Crippen LogP contribution in [0.3, 0.4) is 0 Å². The summed E-state index contributed by atoms with van der Waals surface area (Å²) < 4.78 is 10.7. The van der Waals surface area contributed by atoms with Gasteiger partial charge in [0.2, 0.25) is 12.7 Å². The van der Waals surface area contributed by atoms with Gasteiger partial charge in [-0.1, -0.05) is 41.6 Å². The maximum absolute atomic E-state index is 12.7. The molecule has 1 spiro atoms. The zero-order valence-corrected chi connectivity index (χ0v) is 19.1. The zero-order valence-electron chi connectivity index (χ0n) is 18.3. The van der Waals surface area contributed by atoms with Gasteiger partial charge in [0.15, 0.2) is 17.2 Å². The molecule has 0 unspecified atom stereocenters. The van der Waals surface area contributed by atoms with Crippen LogP contribution in [-0.4, -0.2) is 59.9 Å². The highest BCUT2D eigenvalue weighted by molar-refractivity contribution is 8.16. The second-order valence-electron chi connectivity index (χ2n) is 8.43. The summed E-state index contributed by atoms with van der Waals surface area (Å²) in [5, 5.41) is 3.78. The number of thioether (sulfide) groups is 1. The number of aliphatic imine (C=N–C) groups is 2. The smallest absolute Gasteiger partial charge is 0.234 e. The van der Waals surface area contributed by atoms with Crippen LogP contribution in [0.1, 0.15) is 24.0 Å². The number of ether oxygens (including phenoxy) is 2. The second-order valence-corrected chi connectivity index (χ2v) is 9.40. The molecule has 1 amide bonds. The van der Waals surface area contributed by atoms with E-state index in [0.29, 0.717) is 17.2 Å². The van der Waals surface area contributed by atoms with Crippen LogP contribution in [0.2, 0.25) is 0 Å². The van der Waals surface area contributed by atoms with E-state index in [4.69, 9.17) is 19.5 Å². The lowest BCUT2D eigenvalue weighted by atomic mass is 9.99. The number of rotatable bonds is 4. The Morgan fingerprint density at radius 1 is 1.09 bits per heavy atom. The quantitative estimate of drug-likeness (QED) is 0.769. The van der Waals surface area contributed by atoms with E-state index in [-0.39, 0.29) is 18.5 Å². The molecule has 8 heteroatoms. The largest absolute Gasteiger partial charge is 0.454 e. The molecule has 0 aliphatic carbocycles. The minimum Gasteiger partial charge on any atom is -0.454 e. The third-order valence-corrected chi connectivity index (χ3v) is 6.91. The summed E-state index contributed by atoms with van der Waals surface area (Å²) in [5.74, 6) is 1.51. The molecule has 1 fully saturated rings. The predicted molar refractivity (Wildman–Crippen MR) is 128 cm³/mol. The third-order valence-electron chi connectivity index (χ3n) is 5.94. The van der Waals surface area contributed by atoms with Crippen LogP contribution in [-0.2, 0) is 4.79 Å². The van der Waals surface area contributed by atoms with Crippen molar-refractivity contribution in [3.05, 3.63) is 53.6 Å². The molecular formula is C24H26N4O3S. The number of benzene rings is 2. The normalized spacial score (nSPS) is 19.1. The summed E-state index contributed by atoms with van der Waals surface area (Å²) in [5.41, 5.74) is 3.44. The maximum atomic E-state index is 12.7. The molecule has 166 valence electrons. The van der Waals surface area contributed by atoms with E-state index in [1.807, 2.05) is 6.07 Å². The third kappa shape index (κ3) is 4.38. The molecule has 0 radical (unpaired) electrons. The van der Waals surface area contributed by atoms with Crippen molar-refractivity contribution < 1.29 is 14.3 Å². The van der Waals surface area contributed by atoms with Crippen molar-refractivity contribution in [2.45, 2.75) is 25.4 Å². The number of nitrogens with one attached hydrogen (secondary N) is 1. The number of fused-ring (bicyclic) bond motifs is 1. The topological polar surface area (TPSA) is 75.5 Å². The minimum atomic E-state index is -0.400. The molecule has 32 heavy (non-hydrogen) atoms. The van der Waals surface area contributed by atoms with Gasteiger partial charge in [0, 0.05) is 43.2 Å². The first-order valence-corrected chi connectivity index (χ1v) is 11.8. The van der Waals surface area contributed by atoms with E-state index in [2.05, 4.69) is 48.5 Å². The first-order chi connectivity index (χ1) is 15.5. The van der Waals surface area contributed by atoms with E-state index in [9.17, 15) is 4.79 Å². The van der Waals surface area contributed by atoms with Gasteiger partial charge in [-0.3, -0.25) is 9.79 Å². The Morgan fingerprint density at radius 3 is 2.62 bits per heavy atom. The summed E-state index contributed by atoms with van der Waals surface area (Å²) in [6.45, 7) is 4.22. The molecule has 2 aromatic rings. The number of likely N-dealkylation sites (tertiary alicyclic amines) is 1. The van der Waals surface area contributed by atoms with Crippen LogP contribution in [0.15, 0.2) is 52.4 Å². The van der Waals surface area contributed by atoms with E-state index < -0.39 is 5.66 Å². The number of piperidine rings is 1. The van der Waals surface area contributed by atoms with E-state index >= 15 is 0 Å². The molecule has 1 saturated heterocycles. The monoisotopic (exact) mass is 450 g/mol. The van der Waals surface area contributed by atoms with E-state index in [0.717, 1.165) is 42.3 Å². The van der Waals surface area contributed by atoms with Crippen LogP contribution in [0, 0.1) is 6.92 Å². The van der Waals surface area contributed by atoms with Crippen molar-refractivity contribution in [2.75, 3.05) is 38.0 Å². The van der Waals surface area contributed by atoms with Crippen molar-refractivity contribution in [3.63, 3.8) is 0 Å². The molecule has 3 heterocycles. The predicted octanol–water partition coefficient (Wildman–Crippen LogP) is 3.72. The highest BCUT2D eigenvalue weighted by atomic mass is 32.2. The zero-order chi connectivity index (χ0) is 22.1. The number of hydrogen-bond donors (Lipinski definition) is 1. The highest BCUT2D eigenvalue weighted by Gasteiger charge is 2.39. The van der Waals surface area contributed by atoms with Gasteiger partial charge in [0.25, 0.3) is 0 Å². The van der Waals surface area contributed by atoms with Gasteiger partial charge in [-0.05, 0) is 26.1 Å². The Hall–Kier alpha value is -2.84. The molecule has 7 nitrogen and oxygen atoms in total. The summed E-state index contributed by atoms with van der Waals surface area (Å²) >= 11 is 1.45. The van der Waals surface area contributed by atoms with Gasteiger partial charge in [-0.2, -0.15) is 0 Å². The average Bonchev–Trinajstić information content (AvgIpc) is 3.40. The number of carbonyl (C=O) groups excluding carboxylic acids is 1. The van der Waals surface area contributed by atoms with Gasteiger partial charge in [-0.15, -0.1) is 0 Å². The fourth-order valence-corrected chi connectivity index (χ4v) is 4.90. The molecule has 2 aromatic carbocycles. The minimum absolute atomic E-state index is 0.0934. The van der Waals surface area contributed by atoms with Crippen LogP contribution < -0.4 is 14.8 Å². The van der Waals surface area contributed by atoms with Gasteiger partial charge in [0.1, 0.15) is 5.04 Å². The van der Waals surface area contributed by atoms with Crippen molar-refractivity contribution >= 4 is 34.1 Å². The summed E-state index contributed by atoms with van der Waals surface area (Å²) in [6, 6.07) is 13.8. The lowest BCUT2D eigenvalue weighted by molar-refractivity contribution is -0.113. The Balaban J connectivity index is 1.30.